The molecule has 16 heavy (non-hydrogen) atoms. The van der Waals surface area contributed by atoms with Gasteiger partial charge in [0.1, 0.15) is 5.33 Å². The maximum atomic E-state index is 10.8. The molecule has 86 valence electrons. The molecule has 1 rings (SSSR count). The van der Waals surface area contributed by atoms with Crippen molar-refractivity contribution >= 4 is 33.7 Å². The number of hydrogen-bond acceptors (Lipinski definition) is 3. The molecule has 0 atom stereocenters. The highest BCUT2D eigenvalue weighted by molar-refractivity contribution is 9.09. The molecule has 0 spiro atoms. The Kier molecular flexibility index (Phi) is 7.01. The van der Waals surface area contributed by atoms with Gasteiger partial charge in [-0.2, -0.15) is 0 Å². The van der Waals surface area contributed by atoms with Crippen molar-refractivity contribution in [1.82, 2.24) is 0 Å². The average molecular weight is 301 g/mol. The van der Waals surface area contributed by atoms with E-state index in [4.69, 9.17) is 4.74 Å². The predicted octanol–water partition coefficient (Wildman–Crippen LogP) is 3.62. The molecule has 4 heteroatoms. The van der Waals surface area contributed by atoms with Crippen LogP contribution in [0.1, 0.15) is 6.42 Å². The highest BCUT2D eigenvalue weighted by atomic mass is 79.9. The fourth-order valence-electron chi connectivity index (χ4n) is 0.973. The van der Waals surface area contributed by atoms with E-state index >= 15 is 0 Å². The first-order chi connectivity index (χ1) is 7.83. The molecule has 0 aliphatic rings. The largest absolute Gasteiger partial charge is 0.465 e. The standard InChI is InChI=1S/C12H13BrO2S/c13-10-12(14)15-8-4-5-9-16-11-6-2-1-3-7-11/h1-3,5-7,9H,4,8,10H2/b9-5+. The van der Waals surface area contributed by atoms with Crippen LogP contribution in [0.15, 0.2) is 46.7 Å². The Labute approximate surface area is 108 Å². The summed E-state index contributed by atoms with van der Waals surface area (Å²) in [6, 6.07) is 10.1. The highest BCUT2D eigenvalue weighted by Crippen LogP contribution is 2.17. The molecule has 0 saturated carbocycles. The molecule has 0 bridgehead atoms. The van der Waals surface area contributed by atoms with Gasteiger partial charge in [-0.1, -0.05) is 52.0 Å². The van der Waals surface area contributed by atoms with Crippen LogP contribution in [0.25, 0.3) is 0 Å². The van der Waals surface area contributed by atoms with E-state index in [1.807, 2.05) is 29.7 Å². The minimum Gasteiger partial charge on any atom is -0.465 e. The quantitative estimate of drug-likeness (QED) is 0.347. The molecule has 0 amide bonds. The number of benzene rings is 1. The van der Waals surface area contributed by atoms with Gasteiger partial charge in [0.15, 0.2) is 0 Å². The summed E-state index contributed by atoms with van der Waals surface area (Å²) in [6.45, 7) is 0.441. The van der Waals surface area contributed by atoms with Crippen LogP contribution in [-0.4, -0.2) is 17.9 Å². The molecule has 0 aliphatic heterocycles. The summed E-state index contributed by atoms with van der Waals surface area (Å²) in [5.74, 6) is -0.218. The van der Waals surface area contributed by atoms with E-state index in [9.17, 15) is 4.79 Å². The Hall–Kier alpha value is -0.740. The van der Waals surface area contributed by atoms with E-state index in [1.54, 1.807) is 11.8 Å². The van der Waals surface area contributed by atoms with Gasteiger partial charge in [-0.25, -0.2) is 0 Å². The molecule has 1 aromatic rings. The highest BCUT2D eigenvalue weighted by Gasteiger charge is 1.96. The smallest absolute Gasteiger partial charge is 0.316 e. The summed E-state index contributed by atoms with van der Waals surface area (Å²) in [7, 11) is 0. The molecule has 0 radical (unpaired) electrons. The minimum absolute atomic E-state index is 0.218. The van der Waals surface area contributed by atoms with E-state index in [1.165, 1.54) is 4.90 Å². The summed E-state index contributed by atoms with van der Waals surface area (Å²) in [6.07, 6.45) is 2.75. The Morgan fingerprint density at radius 1 is 1.38 bits per heavy atom. The summed E-state index contributed by atoms with van der Waals surface area (Å²) >= 11 is 4.69. The van der Waals surface area contributed by atoms with Crippen LogP contribution in [-0.2, 0) is 9.53 Å². The number of carbonyl (C=O) groups is 1. The van der Waals surface area contributed by atoms with Crippen molar-refractivity contribution in [2.75, 3.05) is 11.9 Å². The molecule has 0 fully saturated rings. The third-order valence-electron chi connectivity index (χ3n) is 1.70. The van der Waals surface area contributed by atoms with Crippen molar-refractivity contribution in [3.05, 3.63) is 41.8 Å². The third kappa shape index (κ3) is 5.98. The second-order valence-electron chi connectivity index (χ2n) is 2.95. The molecular weight excluding hydrogens is 288 g/mol. The van der Waals surface area contributed by atoms with E-state index in [0.717, 1.165) is 6.42 Å². The summed E-state index contributed by atoms with van der Waals surface area (Å²) < 4.78 is 4.90. The number of ether oxygens (including phenoxy) is 1. The Morgan fingerprint density at radius 3 is 2.81 bits per heavy atom. The fourth-order valence-corrected chi connectivity index (χ4v) is 1.84. The lowest BCUT2D eigenvalue weighted by Crippen LogP contribution is -2.05. The molecule has 1 aromatic carbocycles. The van der Waals surface area contributed by atoms with Crippen LogP contribution >= 0.6 is 27.7 Å². The first kappa shape index (κ1) is 13.3. The molecule has 0 aromatic heterocycles. The Morgan fingerprint density at radius 2 is 2.12 bits per heavy atom. The topological polar surface area (TPSA) is 26.3 Å². The number of rotatable bonds is 6. The third-order valence-corrected chi connectivity index (χ3v) is 3.03. The number of hydrogen-bond donors (Lipinski definition) is 0. The number of carbonyl (C=O) groups excluding carboxylic acids is 1. The van der Waals surface area contributed by atoms with Crippen molar-refractivity contribution < 1.29 is 9.53 Å². The van der Waals surface area contributed by atoms with Crippen molar-refractivity contribution in [2.24, 2.45) is 0 Å². The Balaban J connectivity index is 2.12. The summed E-state index contributed by atoms with van der Waals surface area (Å²) in [4.78, 5) is 12.0. The second kappa shape index (κ2) is 8.42. The molecule has 0 saturated heterocycles. The van der Waals surface area contributed by atoms with Gasteiger partial charge in [-0.3, -0.25) is 4.79 Å². The van der Waals surface area contributed by atoms with Crippen LogP contribution in [0.5, 0.6) is 0 Å². The van der Waals surface area contributed by atoms with Gasteiger partial charge in [0.25, 0.3) is 0 Å². The number of alkyl halides is 1. The van der Waals surface area contributed by atoms with Crippen LogP contribution in [0.2, 0.25) is 0 Å². The zero-order valence-electron chi connectivity index (χ0n) is 8.77. The minimum atomic E-state index is -0.218. The predicted molar refractivity (Wildman–Crippen MR) is 70.8 cm³/mol. The number of halogens is 1. The van der Waals surface area contributed by atoms with Crippen LogP contribution in [0.4, 0.5) is 0 Å². The fraction of sp³-hybridized carbons (Fsp3) is 0.250. The van der Waals surface area contributed by atoms with Crippen LogP contribution < -0.4 is 0 Å². The van der Waals surface area contributed by atoms with E-state index in [-0.39, 0.29) is 11.3 Å². The first-order valence-electron chi connectivity index (χ1n) is 4.91. The Bertz CT molecular complexity index is 338. The summed E-state index contributed by atoms with van der Waals surface area (Å²) in [5, 5.41) is 2.27. The average Bonchev–Trinajstić information content (AvgIpc) is 2.34. The zero-order chi connectivity index (χ0) is 11.6. The lowest BCUT2D eigenvalue weighted by atomic mass is 10.4. The molecule has 0 heterocycles. The molecule has 2 nitrogen and oxygen atoms in total. The lowest BCUT2D eigenvalue weighted by Gasteiger charge is -1.98. The van der Waals surface area contributed by atoms with Crippen molar-refractivity contribution in [1.29, 1.82) is 0 Å². The first-order valence-corrected chi connectivity index (χ1v) is 6.91. The monoisotopic (exact) mass is 300 g/mol. The van der Waals surface area contributed by atoms with Crippen molar-refractivity contribution in [3.63, 3.8) is 0 Å². The van der Waals surface area contributed by atoms with Crippen LogP contribution in [0, 0.1) is 0 Å². The van der Waals surface area contributed by atoms with Gasteiger partial charge in [-0.15, -0.1) is 0 Å². The van der Waals surface area contributed by atoms with E-state index in [0.29, 0.717) is 6.61 Å². The molecule has 0 N–H and O–H groups in total. The number of thioether (sulfide) groups is 1. The van der Waals surface area contributed by atoms with Crippen molar-refractivity contribution in [3.8, 4) is 0 Å². The molecule has 0 aliphatic carbocycles. The normalized spacial score (nSPS) is 10.6. The molecule has 0 unspecified atom stereocenters. The van der Waals surface area contributed by atoms with Crippen molar-refractivity contribution in [2.45, 2.75) is 11.3 Å². The van der Waals surface area contributed by atoms with E-state index in [2.05, 4.69) is 28.1 Å². The van der Waals surface area contributed by atoms with Gasteiger partial charge in [0.05, 0.1) is 6.61 Å². The molecular formula is C12H13BrO2S. The van der Waals surface area contributed by atoms with E-state index < -0.39 is 0 Å². The number of esters is 1. The SMILES string of the molecule is O=C(CBr)OCC/C=C/Sc1ccccc1. The maximum Gasteiger partial charge on any atom is 0.316 e. The zero-order valence-corrected chi connectivity index (χ0v) is 11.2. The lowest BCUT2D eigenvalue weighted by molar-refractivity contribution is -0.140. The van der Waals surface area contributed by atoms with Gasteiger partial charge < -0.3 is 4.74 Å². The van der Waals surface area contributed by atoms with Gasteiger partial charge >= 0.3 is 5.97 Å². The van der Waals surface area contributed by atoms with Gasteiger partial charge in [-0.05, 0) is 17.5 Å². The van der Waals surface area contributed by atoms with Gasteiger partial charge in [0.2, 0.25) is 0 Å². The van der Waals surface area contributed by atoms with Crippen LogP contribution in [0.3, 0.4) is 0 Å². The second-order valence-corrected chi connectivity index (χ2v) is 4.49. The van der Waals surface area contributed by atoms with Gasteiger partial charge in [0, 0.05) is 11.3 Å². The summed E-state index contributed by atoms with van der Waals surface area (Å²) in [5.41, 5.74) is 0. The maximum absolute atomic E-state index is 10.8.